The second-order valence-electron chi connectivity index (χ2n) is 8.11. The topological polar surface area (TPSA) is 79.8 Å². The summed E-state index contributed by atoms with van der Waals surface area (Å²) >= 11 is 7.30. The molecule has 2 aromatic carbocycles. The van der Waals surface area contributed by atoms with Crippen LogP contribution < -0.4 is 9.64 Å². The number of rotatable bonds is 12. The molecule has 7 nitrogen and oxygen atoms in total. The Morgan fingerprint density at radius 2 is 1.82 bits per heavy atom. The molecule has 34 heavy (non-hydrogen) atoms. The summed E-state index contributed by atoms with van der Waals surface area (Å²) in [6.07, 6.45) is 1.11. The molecule has 0 atom stereocenters. The molecule has 1 heterocycles. The summed E-state index contributed by atoms with van der Waals surface area (Å²) in [6, 6.07) is 11.8. The van der Waals surface area contributed by atoms with Gasteiger partial charge >= 0.3 is 0 Å². The summed E-state index contributed by atoms with van der Waals surface area (Å²) in [5.74, 6) is 0.444. The average molecular weight is 524 g/mol. The largest absolute Gasteiger partial charge is 0.492 e. The van der Waals surface area contributed by atoms with E-state index < -0.39 is 9.84 Å². The van der Waals surface area contributed by atoms with Gasteiger partial charge in [0.25, 0.3) is 0 Å². The highest BCUT2D eigenvalue weighted by Gasteiger charge is 2.22. The Kier molecular flexibility index (Phi) is 9.30. The first-order valence-electron chi connectivity index (χ1n) is 11.2. The number of hydrogen-bond donors (Lipinski definition) is 0. The second kappa shape index (κ2) is 12.0. The fraction of sp³-hybridized carbons (Fsp3) is 0.417. The van der Waals surface area contributed by atoms with Crippen LogP contribution in [0.5, 0.6) is 5.75 Å². The third-order valence-electron chi connectivity index (χ3n) is 5.17. The number of halogens is 1. The number of benzene rings is 2. The number of anilines is 1. The highest BCUT2D eigenvalue weighted by atomic mass is 35.5. The minimum absolute atomic E-state index is 0.111. The van der Waals surface area contributed by atoms with Crippen LogP contribution in [0.15, 0.2) is 47.4 Å². The van der Waals surface area contributed by atoms with E-state index in [4.69, 9.17) is 21.3 Å². The van der Waals surface area contributed by atoms with Crippen molar-refractivity contribution >= 4 is 54.0 Å². The molecule has 3 aromatic rings. The molecule has 3 rings (SSSR count). The number of hydrogen-bond acceptors (Lipinski definition) is 7. The summed E-state index contributed by atoms with van der Waals surface area (Å²) in [5, 5.41) is 1.08. The number of carbonyl (C=O) groups excluding carboxylic acids is 1. The van der Waals surface area contributed by atoms with Crippen molar-refractivity contribution in [1.29, 1.82) is 0 Å². The predicted molar refractivity (Wildman–Crippen MR) is 139 cm³/mol. The van der Waals surface area contributed by atoms with Gasteiger partial charge in [-0.25, -0.2) is 13.4 Å². The zero-order valence-electron chi connectivity index (χ0n) is 19.7. The zero-order chi connectivity index (χ0) is 24.7. The van der Waals surface area contributed by atoms with Gasteiger partial charge in [-0.15, -0.1) is 0 Å². The molecule has 0 saturated carbocycles. The van der Waals surface area contributed by atoms with Crippen LogP contribution in [0.1, 0.15) is 26.2 Å². The van der Waals surface area contributed by atoms with Crippen LogP contribution in [0.3, 0.4) is 0 Å². The number of amides is 1. The van der Waals surface area contributed by atoms with Gasteiger partial charge in [-0.2, -0.15) is 0 Å². The summed E-state index contributed by atoms with van der Waals surface area (Å²) in [5.41, 5.74) is 0.736. The van der Waals surface area contributed by atoms with Crippen LogP contribution >= 0.6 is 22.9 Å². The Hall–Kier alpha value is -2.20. The van der Waals surface area contributed by atoms with Crippen LogP contribution in [0, 0.1) is 0 Å². The van der Waals surface area contributed by atoms with Crippen molar-refractivity contribution in [3.63, 3.8) is 0 Å². The highest BCUT2D eigenvalue weighted by Crippen LogP contribution is 2.34. The average Bonchev–Trinajstić information content (AvgIpc) is 3.21. The highest BCUT2D eigenvalue weighted by molar-refractivity contribution is 7.91. The van der Waals surface area contributed by atoms with Crippen LogP contribution in [0.25, 0.3) is 10.2 Å². The van der Waals surface area contributed by atoms with Crippen molar-refractivity contribution in [1.82, 2.24) is 9.88 Å². The van der Waals surface area contributed by atoms with Crippen molar-refractivity contribution in [2.45, 2.75) is 31.1 Å². The maximum Gasteiger partial charge on any atom is 0.228 e. The van der Waals surface area contributed by atoms with E-state index in [1.165, 1.54) is 23.5 Å². The molecular weight excluding hydrogens is 494 g/mol. The Balaban J connectivity index is 1.74. The Bertz CT molecular complexity index is 1210. The number of nitrogens with zero attached hydrogens (tertiary/aromatic N) is 3. The van der Waals surface area contributed by atoms with Crippen molar-refractivity contribution < 1.29 is 17.9 Å². The van der Waals surface area contributed by atoms with Gasteiger partial charge in [0.2, 0.25) is 5.91 Å². The molecule has 0 saturated heterocycles. The summed E-state index contributed by atoms with van der Waals surface area (Å²) in [7, 11) is 0.483. The van der Waals surface area contributed by atoms with Gasteiger partial charge in [-0.05, 0) is 76.8 Å². The number of thiazole rings is 1. The van der Waals surface area contributed by atoms with E-state index in [9.17, 15) is 13.2 Å². The van der Waals surface area contributed by atoms with Crippen molar-refractivity contribution in [2.75, 3.05) is 44.4 Å². The molecule has 1 amide bonds. The molecule has 0 aliphatic heterocycles. The number of ether oxygens (including phenoxy) is 1. The van der Waals surface area contributed by atoms with Crippen molar-refractivity contribution in [3.8, 4) is 5.75 Å². The normalized spacial score (nSPS) is 11.8. The quantitative estimate of drug-likeness (QED) is 0.336. The first kappa shape index (κ1) is 26.4. The number of carbonyl (C=O) groups is 1. The van der Waals surface area contributed by atoms with E-state index >= 15 is 0 Å². The first-order valence-corrected chi connectivity index (χ1v) is 14.0. The van der Waals surface area contributed by atoms with Crippen LogP contribution in [-0.2, 0) is 14.6 Å². The van der Waals surface area contributed by atoms with Crippen LogP contribution in [-0.4, -0.2) is 63.8 Å². The van der Waals surface area contributed by atoms with Crippen molar-refractivity contribution in [3.05, 3.63) is 47.5 Å². The van der Waals surface area contributed by atoms with E-state index in [-0.39, 0.29) is 29.4 Å². The minimum atomic E-state index is -3.49. The zero-order valence-corrected chi connectivity index (χ0v) is 22.0. The number of fused-ring (bicyclic) bond motifs is 1. The standard InChI is InChI=1S/C24H30ClN3O4S2/c1-4-32-20-8-5-9-21-23(20)26-24(33-21)28(16-7-15-27(2)3)22(29)10-6-17-34(30,31)19-13-11-18(25)12-14-19/h5,8-9,11-14H,4,6-7,10,15-17H2,1-3H3. The first-order chi connectivity index (χ1) is 16.2. The SMILES string of the molecule is CCOc1cccc2sc(N(CCCN(C)C)C(=O)CCCS(=O)(=O)c3ccc(Cl)cc3)nc12. The van der Waals surface area contributed by atoms with E-state index in [0.29, 0.717) is 29.1 Å². The van der Waals surface area contributed by atoms with Gasteiger partial charge in [-0.3, -0.25) is 9.69 Å². The molecule has 0 aliphatic rings. The van der Waals surface area contributed by atoms with Crippen LogP contribution in [0.2, 0.25) is 5.02 Å². The molecule has 0 radical (unpaired) electrons. The summed E-state index contributed by atoms with van der Waals surface area (Å²) < 4.78 is 31.9. The molecule has 0 spiro atoms. The summed E-state index contributed by atoms with van der Waals surface area (Å²) in [4.78, 5) is 21.9. The molecule has 0 fully saturated rings. The molecule has 0 bridgehead atoms. The lowest BCUT2D eigenvalue weighted by atomic mass is 10.3. The van der Waals surface area contributed by atoms with Crippen LogP contribution in [0.4, 0.5) is 5.13 Å². The molecule has 10 heteroatoms. The van der Waals surface area contributed by atoms with E-state index in [0.717, 1.165) is 23.2 Å². The number of aromatic nitrogens is 1. The minimum Gasteiger partial charge on any atom is -0.492 e. The lowest BCUT2D eigenvalue weighted by Crippen LogP contribution is -2.33. The third-order valence-corrected chi connectivity index (χ3v) is 8.28. The fourth-order valence-corrected chi connectivity index (χ4v) is 5.94. The molecule has 1 aromatic heterocycles. The molecule has 0 aliphatic carbocycles. The Labute approximate surface area is 210 Å². The number of para-hydroxylation sites is 1. The monoisotopic (exact) mass is 523 g/mol. The van der Waals surface area contributed by atoms with E-state index in [1.807, 2.05) is 39.2 Å². The van der Waals surface area contributed by atoms with Gasteiger partial charge in [-0.1, -0.05) is 29.0 Å². The lowest BCUT2D eigenvalue weighted by molar-refractivity contribution is -0.118. The lowest BCUT2D eigenvalue weighted by Gasteiger charge is -2.21. The maximum absolute atomic E-state index is 13.2. The number of sulfone groups is 1. The van der Waals surface area contributed by atoms with Gasteiger partial charge in [0.05, 0.1) is 22.0 Å². The van der Waals surface area contributed by atoms with Crippen molar-refractivity contribution in [2.24, 2.45) is 0 Å². The third kappa shape index (κ3) is 6.91. The van der Waals surface area contributed by atoms with Gasteiger partial charge < -0.3 is 9.64 Å². The van der Waals surface area contributed by atoms with E-state index in [1.54, 1.807) is 17.0 Å². The molecule has 184 valence electrons. The summed E-state index contributed by atoms with van der Waals surface area (Å²) in [6.45, 7) is 3.77. The fourth-order valence-electron chi connectivity index (χ4n) is 3.48. The van der Waals surface area contributed by atoms with E-state index in [2.05, 4.69) is 4.90 Å². The van der Waals surface area contributed by atoms with Gasteiger partial charge in [0, 0.05) is 18.0 Å². The Morgan fingerprint density at radius 3 is 2.50 bits per heavy atom. The molecule has 0 unspecified atom stereocenters. The second-order valence-corrected chi connectivity index (χ2v) is 11.7. The molecule has 0 N–H and O–H groups in total. The molecular formula is C24H30ClN3O4S2. The predicted octanol–water partition coefficient (Wildman–Crippen LogP) is 4.89. The van der Waals surface area contributed by atoms with Gasteiger partial charge in [0.1, 0.15) is 11.3 Å². The Morgan fingerprint density at radius 1 is 1.09 bits per heavy atom. The maximum atomic E-state index is 13.2. The smallest absolute Gasteiger partial charge is 0.228 e. The van der Waals surface area contributed by atoms with Gasteiger partial charge in [0.15, 0.2) is 15.0 Å².